The molecule has 218 valence electrons. The quantitative estimate of drug-likeness (QED) is 0.296. The van der Waals surface area contributed by atoms with E-state index in [1.54, 1.807) is 0 Å². The van der Waals surface area contributed by atoms with E-state index in [1.165, 1.54) is 24.5 Å². The van der Waals surface area contributed by atoms with Crippen LogP contribution in [0, 0.1) is 0 Å². The number of urea groups is 1. The molecule has 0 saturated carbocycles. The Kier molecular flexibility index (Phi) is 7.84. The van der Waals surface area contributed by atoms with Gasteiger partial charge in [0.05, 0.1) is 35.6 Å². The first-order chi connectivity index (χ1) is 18.3. The van der Waals surface area contributed by atoms with Crippen LogP contribution >= 0.6 is 23.2 Å². The largest absolute Gasteiger partial charge is 0.474 e. The lowest BCUT2D eigenvalue weighted by atomic mass is 9.88. The third kappa shape index (κ3) is 5.61. The molecule has 15 heteroatoms. The highest BCUT2D eigenvalue weighted by Crippen LogP contribution is 2.50. The van der Waals surface area contributed by atoms with Gasteiger partial charge in [0.25, 0.3) is 0 Å². The van der Waals surface area contributed by atoms with Crippen LogP contribution in [0.3, 0.4) is 0 Å². The van der Waals surface area contributed by atoms with Crippen molar-refractivity contribution in [2.45, 2.75) is 70.4 Å². The highest BCUT2D eigenvalue weighted by Gasteiger charge is 2.60. The second-order valence-electron chi connectivity index (χ2n) is 11.6. The monoisotopic (exact) mass is 618 g/mol. The molecule has 9 nitrogen and oxygen atoms in total. The van der Waals surface area contributed by atoms with Gasteiger partial charge in [-0.2, -0.15) is 18.3 Å². The number of anilines is 2. The van der Waals surface area contributed by atoms with Crippen molar-refractivity contribution in [3.63, 3.8) is 0 Å². The highest BCUT2D eigenvalue weighted by atomic mass is 35.5. The van der Waals surface area contributed by atoms with E-state index < -0.39 is 32.5 Å². The molecule has 0 fully saturated rings. The minimum absolute atomic E-state index is 0.0164. The third-order valence-corrected chi connectivity index (χ3v) is 12.5. The molecule has 0 unspecified atom stereocenters. The summed E-state index contributed by atoms with van der Waals surface area (Å²) in [5, 5.41) is 6.67. The van der Waals surface area contributed by atoms with E-state index in [0.717, 1.165) is 16.3 Å². The lowest BCUT2D eigenvalue weighted by Crippen LogP contribution is -2.46. The maximum absolute atomic E-state index is 14.3. The van der Waals surface area contributed by atoms with Crippen LogP contribution in [0.25, 0.3) is 5.65 Å². The lowest BCUT2D eigenvalue weighted by molar-refractivity contribution is -0.181. The number of nitrogens with zero attached hydrogens (tertiary/aromatic N) is 5. The van der Waals surface area contributed by atoms with Crippen molar-refractivity contribution in [3.8, 4) is 5.88 Å². The molecule has 1 aliphatic heterocycles. The van der Waals surface area contributed by atoms with Crippen molar-refractivity contribution in [3.05, 3.63) is 40.4 Å². The summed E-state index contributed by atoms with van der Waals surface area (Å²) in [6.07, 6.45) is -2.39. The molecule has 2 amide bonds. The fourth-order valence-electron chi connectivity index (χ4n) is 4.19. The summed E-state index contributed by atoms with van der Waals surface area (Å²) in [6.45, 7) is 13.2. The minimum atomic E-state index is -4.70. The van der Waals surface area contributed by atoms with Crippen molar-refractivity contribution in [2.24, 2.45) is 0 Å². The van der Waals surface area contributed by atoms with Gasteiger partial charge in [-0.1, -0.05) is 44.0 Å². The standard InChI is InChI=1S/C25H31Cl2F3N6O3Si/c1-14(39-40(6,7)23(2,3)4)12-38-21-16(26)8-15(10-32-21)33-22(37)35-13-24(5,25(28,29)30)20-17(35)11-31-19-9-18(27)34-36(19)20/h8-11,14H,12-13H2,1-7H3,(H,33,37)/t14-,24-/m1/s1. The number of rotatable bonds is 6. The van der Waals surface area contributed by atoms with Crippen molar-refractivity contribution in [2.75, 3.05) is 23.4 Å². The van der Waals surface area contributed by atoms with Crippen LogP contribution in [0.1, 0.15) is 40.3 Å². The molecule has 4 heterocycles. The van der Waals surface area contributed by atoms with Crippen LogP contribution in [0.4, 0.5) is 29.3 Å². The molecular weight excluding hydrogens is 588 g/mol. The molecule has 1 N–H and O–H groups in total. The second kappa shape index (κ2) is 10.3. The molecule has 0 radical (unpaired) electrons. The Morgan fingerprint density at radius 2 is 1.88 bits per heavy atom. The van der Waals surface area contributed by atoms with Gasteiger partial charge in [-0.15, -0.1) is 0 Å². The smallest absolute Gasteiger partial charge is 0.401 e. The summed E-state index contributed by atoms with van der Waals surface area (Å²) >= 11 is 12.3. The molecule has 2 atom stereocenters. The van der Waals surface area contributed by atoms with Gasteiger partial charge in [-0.05, 0) is 38.0 Å². The van der Waals surface area contributed by atoms with Crippen molar-refractivity contribution in [1.29, 1.82) is 0 Å². The number of fused-ring (bicyclic) bond motifs is 3. The maximum Gasteiger partial charge on any atom is 0.401 e. The SMILES string of the molecule is C[C@H](COc1ncc(NC(=O)N2C[C@@](C)(C(F)(F)F)c3c2cnc2cc(Cl)nn32)cc1Cl)O[Si](C)(C)C(C)(C)C. The molecule has 0 spiro atoms. The van der Waals surface area contributed by atoms with Crippen molar-refractivity contribution >= 4 is 54.6 Å². The normalized spacial score (nSPS) is 18.6. The van der Waals surface area contributed by atoms with Gasteiger partial charge in [-0.25, -0.2) is 19.3 Å². The van der Waals surface area contributed by atoms with Crippen LogP contribution < -0.4 is 15.0 Å². The molecule has 1 aliphatic rings. The van der Waals surface area contributed by atoms with Gasteiger partial charge < -0.3 is 14.5 Å². The Labute approximate surface area is 241 Å². The molecule has 0 saturated heterocycles. The number of carbonyl (C=O) groups is 1. The number of hydrogen-bond acceptors (Lipinski definition) is 6. The number of hydrogen-bond donors (Lipinski definition) is 1. The van der Waals surface area contributed by atoms with Gasteiger partial charge in [0.15, 0.2) is 19.1 Å². The van der Waals surface area contributed by atoms with Crippen LogP contribution in [0.5, 0.6) is 5.88 Å². The van der Waals surface area contributed by atoms with Crippen LogP contribution in [0.2, 0.25) is 28.3 Å². The molecule has 0 aromatic carbocycles. The molecule has 0 bridgehead atoms. The van der Waals surface area contributed by atoms with Crippen molar-refractivity contribution in [1.82, 2.24) is 19.6 Å². The zero-order valence-corrected chi connectivity index (χ0v) is 25.7. The van der Waals surface area contributed by atoms with E-state index in [1.807, 2.05) is 6.92 Å². The zero-order chi connectivity index (χ0) is 29.8. The topological polar surface area (TPSA) is 93.9 Å². The highest BCUT2D eigenvalue weighted by molar-refractivity contribution is 6.74. The number of nitrogens with one attached hydrogen (secondary N) is 1. The number of halogens is 5. The summed E-state index contributed by atoms with van der Waals surface area (Å²) in [5.41, 5.74) is -2.39. The van der Waals surface area contributed by atoms with Gasteiger partial charge in [0.2, 0.25) is 5.88 Å². The first kappa shape index (κ1) is 30.3. The summed E-state index contributed by atoms with van der Waals surface area (Å²) in [5.74, 6) is 0.142. The average Bonchev–Trinajstić information content (AvgIpc) is 3.34. The van der Waals surface area contributed by atoms with Crippen LogP contribution in [-0.4, -0.2) is 59.4 Å². The first-order valence-electron chi connectivity index (χ1n) is 12.5. The molecule has 0 aliphatic carbocycles. The Morgan fingerprint density at radius 1 is 1.20 bits per heavy atom. The maximum atomic E-state index is 14.3. The summed E-state index contributed by atoms with van der Waals surface area (Å²) in [4.78, 5) is 22.5. The number of alkyl halides is 3. The van der Waals surface area contributed by atoms with E-state index in [2.05, 4.69) is 54.2 Å². The molecule has 4 rings (SSSR count). The Balaban J connectivity index is 1.50. The van der Waals surface area contributed by atoms with E-state index >= 15 is 0 Å². The Hall–Kier alpha value is -2.61. The molecule has 3 aromatic heterocycles. The summed E-state index contributed by atoms with van der Waals surface area (Å²) in [6, 6.07) is 1.94. The number of aromatic nitrogens is 4. The lowest BCUT2D eigenvalue weighted by Gasteiger charge is -2.38. The van der Waals surface area contributed by atoms with E-state index in [-0.39, 0.29) is 56.5 Å². The Morgan fingerprint density at radius 3 is 2.48 bits per heavy atom. The fraction of sp³-hybridized carbons (Fsp3) is 0.520. The number of carbonyl (C=O) groups excluding carboxylic acids is 1. The van der Waals surface area contributed by atoms with Gasteiger partial charge in [0.1, 0.15) is 17.0 Å². The first-order valence-corrected chi connectivity index (χ1v) is 16.2. The third-order valence-electron chi connectivity index (χ3n) is 7.41. The second-order valence-corrected chi connectivity index (χ2v) is 17.1. The van der Waals surface area contributed by atoms with Gasteiger partial charge in [0, 0.05) is 12.6 Å². The summed E-state index contributed by atoms with van der Waals surface area (Å²) in [7, 11) is -1.99. The van der Waals surface area contributed by atoms with E-state index in [4.69, 9.17) is 32.4 Å². The zero-order valence-electron chi connectivity index (χ0n) is 23.2. The van der Waals surface area contributed by atoms with E-state index in [0.29, 0.717) is 0 Å². The van der Waals surface area contributed by atoms with Gasteiger partial charge >= 0.3 is 12.2 Å². The van der Waals surface area contributed by atoms with Gasteiger partial charge in [-0.3, -0.25) is 4.90 Å². The number of amides is 2. The van der Waals surface area contributed by atoms with E-state index in [9.17, 15) is 18.0 Å². The average molecular weight is 620 g/mol. The van der Waals surface area contributed by atoms with Crippen molar-refractivity contribution < 1.29 is 27.1 Å². The fourth-order valence-corrected chi connectivity index (χ4v) is 6.01. The Bertz CT molecular complexity index is 1450. The molecule has 3 aromatic rings. The van der Waals surface area contributed by atoms with Crippen LogP contribution in [0.15, 0.2) is 24.5 Å². The molecule has 40 heavy (non-hydrogen) atoms. The summed E-state index contributed by atoms with van der Waals surface area (Å²) < 4.78 is 55.9. The molecular formula is C25H31Cl2F3N6O3Si. The van der Waals surface area contributed by atoms with Crippen LogP contribution in [-0.2, 0) is 9.84 Å². The predicted molar refractivity (Wildman–Crippen MR) is 150 cm³/mol. The number of ether oxygens (including phenoxy) is 1. The predicted octanol–water partition coefficient (Wildman–Crippen LogP) is 7.09. The minimum Gasteiger partial charge on any atom is -0.474 e. The number of pyridine rings is 1.